The van der Waals surface area contributed by atoms with Gasteiger partial charge in [0.2, 0.25) is 5.91 Å². The summed E-state index contributed by atoms with van der Waals surface area (Å²) in [4.78, 5) is 11.6. The predicted octanol–water partition coefficient (Wildman–Crippen LogP) is 2.41. The summed E-state index contributed by atoms with van der Waals surface area (Å²) in [6.45, 7) is 2.76. The second kappa shape index (κ2) is 8.14. The van der Waals surface area contributed by atoms with E-state index in [1.54, 1.807) is 11.8 Å². The maximum absolute atomic E-state index is 11.6. The van der Waals surface area contributed by atoms with Crippen LogP contribution in [0.2, 0.25) is 0 Å². The number of hydrogen-bond donors (Lipinski definition) is 2. The Hall–Kier alpha value is -1.00. The van der Waals surface area contributed by atoms with Gasteiger partial charge >= 0.3 is 0 Å². The van der Waals surface area contributed by atoms with Crippen LogP contribution in [0.4, 0.5) is 5.69 Å². The highest BCUT2D eigenvalue weighted by molar-refractivity contribution is 7.99. The van der Waals surface area contributed by atoms with Crippen LogP contribution in [0.3, 0.4) is 0 Å². The second-order valence-corrected chi connectivity index (χ2v) is 5.07. The second-order valence-electron chi connectivity index (χ2n) is 3.96. The van der Waals surface area contributed by atoms with Crippen molar-refractivity contribution < 1.29 is 4.79 Å². The SMILES string of the molecule is Cc1ccc(NC(=O)CSCCCCN)cc1. The number of amides is 1. The molecule has 1 rings (SSSR count). The molecular weight excluding hydrogens is 232 g/mol. The number of unbranched alkanes of at least 4 members (excludes halogenated alkanes) is 1. The Balaban J connectivity index is 2.18. The molecule has 0 heterocycles. The van der Waals surface area contributed by atoms with Gasteiger partial charge in [-0.15, -0.1) is 0 Å². The van der Waals surface area contributed by atoms with Gasteiger partial charge in [-0.25, -0.2) is 0 Å². The molecule has 4 heteroatoms. The fourth-order valence-corrected chi connectivity index (χ4v) is 2.16. The van der Waals surface area contributed by atoms with Crippen molar-refractivity contribution in [2.75, 3.05) is 23.4 Å². The third-order valence-electron chi connectivity index (χ3n) is 2.31. The lowest BCUT2D eigenvalue weighted by atomic mass is 10.2. The van der Waals surface area contributed by atoms with Crippen molar-refractivity contribution in [3.8, 4) is 0 Å². The van der Waals surface area contributed by atoms with Crippen molar-refractivity contribution >= 4 is 23.4 Å². The zero-order valence-electron chi connectivity index (χ0n) is 10.2. The Labute approximate surface area is 107 Å². The van der Waals surface area contributed by atoms with Crippen LogP contribution >= 0.6 is 11.8 Å². The van der Waals surface area contributed by atoms with Crippen LogP contribution in [-0.4, -0.2) is 24.0 Å². The molecule has 0 unspecified atom stereocenters. The number of hydrogen-bond acceptors (Lipinski definition) is 3. The smallest absolute Gasteiger partial charge is 0.234 e. The monoisotopic (exact) mass is 252 g/mol. The van der Waals surface area contributed by atoms with E-state index < -0.39 is 0 Å². The quantitative estimate of drug-likeness (QED) is 0.733. The first-order valence-electron chi connectivity index (χ1n) is 5.86. The fourth-order valence-electron chi connectivity index (χ4n) is 1.35. The molecule has 0 saturated carbocycles. The van der Waals surface area contributed by atoms with Crippen LogP contribution in [-0.2, 0) is 4.79 Å². The first-order chi connectivity index (χ1) is 8.22. The van der Waals surface area contributed by atoms with E-state index in [1.165, 1.54) is 5.56 Å². The number of benzene rings is 1. The summed E-state index contributed by atoms with van der Waals surface area (Å²) >= 11 is 1.66. The zero-order valence-corrected chi connectivity index (χ0v) is 11.1. The molecule has 0 atom stereocenters. The molecule has 0 fully saturated rings. The molecule has 0 bridgehead atoms. The van der Waals surface area contributed by atoms with Gasteiger partial charge in [-0.3, -0.25) is 4.79 Å². The molecule has 0 aliphatic heterocycles. The zero-order chi connectivity index (χ0) is 12.5. The van der Waals surface area contributed by atoms with E-state index in [2.05, 4.69) is 5.32 Å². The molecule has 0 aliphatic rings. The maximum atomic E-state index is 11.6. The molecule has 0 aliphatic carbocycles. The van der Waals surface area contributed by atoms with Gasteiger partial charge in [0, 0.05) is 5.69 Å². The van der Waals surface area contributed by atoms with Crippen molar-refractivity contribution in [1.82, 2.24) is 0 Å². The molecule has 1 amide bonds. The maximum Gasteiger partial charge on any atom is 0.234 e. The first kappa shape index (κ1) is 14.1. The summed E-state index contributed by atoms with van der Waals surface area (Å²) in [7, 11) is 0. The third kappa shape index (κ3) is 6.34. The van der Waals surface area contributed by atoms with E-state index in [0.29, 0.717) is 5.75 Å². The minimum atomic E-state index is 0.0617. The van der Waals surface area contributed by atoms with Crippen LogP contribution in [0.5, 0.6) is 0 Å². The summed E-state index contributed by atoms with van der Waals surface area (Å²) in [5.41, 5.74) is 7.45. The number of nitrogens with two attached hydrogens (primary N) is 1. The summed E-state index contributed by atoms with van der Waals surface area (Å²) < 4.78 is 0. The summed E-state index contributed by atoms with van der Waals surface area (Å²) in [6, 6.07) is 7.83. The van der Waals surface area contributed by atoms with Crippen molar-refractivity contribution in [3.63, 3.8) is 0 Å². The van der Waals surface area contributed by atoms with Gasteiger partial charge in [0.1, 0.15) is 0 Å². The summed E-state index contributed by atoms with van der Waals surface area (Å²) in [5.74, 6) is 1.57. The molecule has 3 nitrogen and oxygen atoms in total. The molecule has 0 aromatic heterocycles. The molecular formula is C13H20N2OS. The van der Waals surface area contributed by atoms with Gasteiger partial charge in [0.15, 0.2) is 0 Å². The lowest BCUT2D eigenvalue weighted by molar-refractivity contribution is -0.113. The van der Waals surface area contributed by atoms with Gasteiger partial charge in [-0.2, -0.15) is 11.8 Å². The van der Waals surface area contributed by atoms with Crippen molar-refractivity contribution in [2.45, 2.75) is 19.8 Å². The Bertz CT molecular complexity index is 338. The van der Waals surface area contributed by atoms with Gasteiger partial charge in [0.25, 0.3) is 0 Å². The average Bonchev–Trinajstić information content (AvgIpc) is 2.32. The molecule has 17 heavy (non-hydrogen) atoms. The van der Waals surface area contributed by atoms with E-state index in [0.717, 1.165) is 30.8 Å². The normalized spacial score (nSPS) is 10.2. The number of carbonyl (C=O) groups is 1. The van der Waals surface area contributed by atoms with Crippen LogP contribution in [0.1, 0.15) is 18.4 Å². The molecule has 0 radical (unpaired) electrons. The number of thioether (sulfide) groups is 1. The van der Waals surface area contributed by atoms with Crippen LogP contribution in [0, 0.1) is 6.92 Å². The number of aryl methyl sites for hydroxylation is 1. The number of anilines is 1. The molecule has 0 spiro atoms. The van der Waals surface area contributed by atoms with Crippen molar-refractivity contribution in [3.05, 3.63) is 29.8 Å². The van der Waals surface area contributed by atoms with E-state index in [9.17, 15) is 4.79 Å². The highest BCUT2D eigenvalue weighted by Gasteiger charge is 2.01. The van der Waals surface area contributed by atoms with Crippen molar-refractivity contribution in [2.24, 2.45) is 5.73 Å². The fraction of sp³-hybridized carbons (Fsp3) is 0.462. The van der Waals surface area contributed by atoms with E-state index in [-0.39, 0.29) is 5.91 Å². The Morgan fingerprint density at radius 2 is 2.00 bits per heavy atom. The minimum absolute atomic E-state index is 0.0617. The summed E-state index contributed by atoms with van der Waals surface area (Å²) in [5, 5.41) is 2.88. The van der Waals surface area contributed by atoms with E-state index in [1.807, 2.05) is 31.2 Å². The number of rotatable bonds is 7. The highest BCUT2D eigenvalue weighted by Crippen LogP contribution is 2.10. The summed E-state index contributed by atoms with van der Waals surface area (Å²) in [6.07, 6.45) is 2.12. The van der Waals surface area contributed by atoms with Crippen LogP contribution < -0.4 is 11.1 Å². The van der Waals surface area contributed by atoms with Gasteiger partial charge in [0.05, 0.1) is 5.75 Å². The lowest BCUT2D eigenvalue weighted by Crippen LogP contribution is -2.14. The third-order valence-corrected chi connectivity index (χ3v) is 3.35. The minimum Gasteiger partial charge on any atom is -0.330 e. The van der Waals surface area contributed by atoms with Gasteiger partial charge in [-0.05, 0) is 44.2 Å². The number of carbonyl (C=O) groups excluding carboxylic acids is 1. The molecule has 0 saturated heterocycles. The Kier molecular flexibility index (Phi) is 6.74. The average molecular weight is 252 g/mol. The van der Waals surface area contributed by atoms with Crippen LogP contribution in [0.15, 0.2) is 24.3 Å². The lowest BCUT2D eigenvalue weighted by Gasteiger charge is -2.05. The first-order valence-corrected chi connectivity index (χ1v) is 7.02. The topological polar surface area (TPSA) is 55.1 Å². The van der Waals surface area contributed by atoms with E-state index >= 15 is 0 Å². The highest BCUT2D eigenvalue weighted by atomic mass is 32.2. The molecule has 1 aromatic carbocycles. The number of nitrogens with one attached hydrogen (secondary N) is 1. The Morgan fingerprint density at radius 3 is 2.65 bits per heavy atom. The van der Waals surface area contributed by atoms with Crippen LogP contribution in [0.25, 0.3) is 0 Å². The molecule has 94 valence electrons. The predicted molar refractivity (Wildman–Crippen MR) is 75.4 cm³/mol. The standard InChI is InChI=1S/C13H20N2OS/c1-11-4-6-12(7-5-11)15-13(16)10-17-9-3-2-8-14/h4-7H,2-3,8-10,14H2,1H3,(H,15,16). The largest absolute Gasteiger partial charge is 0.330 e. The Morgan fingerprint density at radius 1 is 1.29 bits per heavy atom. The van der Waals surface area contributed by atoms with Crippen molar-refractivity contribution in [1.29, 1.82) is 0 Å². The van der Waals surface area contributed by atoms with Gasteiger partial charge in [-0.1, -0.05) is 17.7 Å². The molecule has 3 N–H and O–H groups in total. The van der Waals surface area contributed by atoms with Gasteiger partial charge < -0.3 is 11.1 Å². The molecule has 1 aromatic rings. The van der Waals surface area contributed by atoms with E-state index in [4.69, 9.17) is 5.73 Å².